The molecule has 186 valence electrons. The summed E-state index contributed by atoms with van der Waals surface area (Å²) in [7, 11) is -7.75. The van der Waals surface area contributed by atoms with Crippen molar-refractivity contribution in [2.45, 2.75) is 36.0 Å². The van der Waals surface area contributed by atoms with Crippen molar-refractivity contribution < 1.29 is 51.5 Å². The Bertz CT molecular complexity index is 1650. The number of sulfonamides is 2. The molecule has 1 aromatic heterocycles. The molecule has 0 aliphatic carbocycles. The van der Waals surface area contributed by atoms with E-state index in [0.29, 0.717) is 22.5 Å². The summed E-state index contributed by atoms with van der Waals surface area (Å²) in [6.45, 7) is 1.77. The number of aryl methyl sites for hydroxylation is 1. The molecule has 0 saturated carbocycles. The molecule has 3 aromatic carbocycles. The van der Waals surface area contributed by atoms with Crippen molar-refractivity contribution >= 4 is 37.0 Å². The van der Waals surface area contributed by atoms with Gasteiger partial charge in [0.1, 0.15) is 11.1 Å². The normalized spacial score (nSPS) is 17.8. The molecular weight excluding hydrogens is 523 g/mol. The van der Waals surface area contributed by atoms with Crippen LogP contribution in [0.3, 0.4) is 0 Å². The molecule has 0 radical (unpaired) electrons. The number of benzene rings is 3. The monoisotopic (exact) mass is 546 g/mol. The topological polar surface area (TPSA) is 144 Å². The summed E-state index contributed by atoms with van der Waals surface area (Å²) in [6.07, 6.45) is 0.0781. The van der Waals surface area contributed by atoms with Gasteiger partial charge < -0.3 is 10.1 Å². The Morgan fingerprint density at radius 2 is 1.78 bits per heavy atom. The van der Waals surface area contributed by atoms with Crippen LogP contribution in [-0.2, 0) is 26.5 Å². The summed E-state index contributed by atoms with van der Waals surface area (Å²) in [5, 5.41) is 10.6. The third kappa shape index (κ3) is 5.82. The molecule has 2 N–H and O–H groups in total. The van der Waals surface area contributed by atoms with E-state index in [4.69, 9.17) is 0 Å². The van der Waals surface area contributed by atoms with E-state index in [1.165, 1.54) is 12.1 Å². The van der Waals surface area contributed by atoms with Gasteiger partial charge in [0.2, 0.25) is 10.0 Å². The molecular formula is C25H23N4NaO5S2. The number of rotatable bonds is 7. The first-order valence-corrected chi connectivity index (χ1v) is 14.2. The van der Waals surface area contributed by atoms with Crippen LogP contribution in [0.2, 0.25) is 0 Å². The van der Waals surface area contributed by atoms with E-state index < -0.39 is 37.2 Å². The fourth-order valence-corrected chi connectivity index (χ4v) is 7.07. The quantitative estimate of drug-likeness (QED) is 0.304. The molecule has 9 nitrogen and oxygen atoms in total. The summed E-state index contributed by atoms with van der Waals surface area (Å²) in [4.78, 5) is 7.95. The second-order valence-corrected chi connectivity index (χ2v) is 12.2. The van der Waals surface area contributed by atoms with Gasteiger partial charge in [0, 0.05) is 0 Å². The molecule has 1 aliphatic heterocycles. The number of imidazole rings is 1. The SMILES string of the molecule is Cc1cc(C[C@H](NS(=O)(=O)c2ccccc2)c2nc3ccccc3[nH]2)ccc1[C@@H]1CC([O-])=NS1(=O)=O.[Na+]. The maximum atomic E-state index is 13.2. The van der Waals surface area contributed by atoms with Crippen LogP contribution in [0.4, 0.5) is 0 Å². The van der Waals surface area contributed by atoms with Crippen LogP contribution in [0.25, 0.3) is 11.0 Å². The van der Waals surface area contributed by atoms with E-state index in [0.717, 1.165) is 11.1 Å². The van der Waals surface area contributed by atoms with Crippen LogP contribution in [0.1, 0.15) is 40.2 Å². The van der Waals surface area contributed by atoms with E-state index in [9.17, 15) is 21.9 Å². The van der Waals surface area contributed by atoms with Crippen LogP contribution in [-0.4, -0.2) is 32.7 Å². The molecule has 0 fully saturated rings. The van der Waals surface area contributed by atoms with Crippen LogP contribution in [0, 0.1) is 6.92 Å². The van der Waals surface area contributed by atoms with Crippen LogP contribution in [0.15, 0.2) is 82.1 Å². The second kappa shape index (κ2) is 10.7. The predicted octanol–water partition coefficient (Wildman–Crippen LogP) is -0.329. The molecule has 2 atom stereocenters. The van der Waals surface area contributed by atoms with Gasteiger partial charge in [-0.1, -0.05) is 48.5 Å². The maximum Gasteiger partial charge on any atom is 1.00 e. The molecule has 37 heavy (non-hydrogen) atoms. The van der Waals surface area contributed by atoms with E-state index in [2.05, 4.69) is 19.1 Å². The van der Waals surface area contributed by atoms with Crippen molar-refractivity contribution in [3.63, 3.8) is 0 Å². The van der Waals surface area contributed by atoms with Gasteiger partial charge >= 0.3 is 29.6 Å². The van der Waals surface area contributed by atoms with Crippen molar-refractivity contribution in [1.82, 2.24) is 14.7 Å². The van der Waals surface area contributed by atoms with Crippen LogP contribution >= 0.6 is 0 Å². The standard InChI is InChI=1S/C25H24N4O5S2.Na/c1-16-13-17(11-12-19(16)23-15-24(30)29-36(23,33)34)14-22(25-26-20-9-5-6-10-21(20)27-25)28-35(31,32)18-7-3-2-4-8-18;/h2-13,22-23,28H,14-15H2,1H3,(H,26,27)(H,29,30);/q;+1/p-1/t22-,23-;/m0./s1. The fraction of sp³-hybridized carbons (Fsp3) is 0.200. The van der Waals surface area contributed by atoms with Crippen molar-refractivity contribution in [2.24, 2.45) is 4.40 Å². The molecule has 4 aromatic rings. The first kappa shape index (κ1) is 27.5. The van der Waals surface area contributed by atoms with Gasteiger partial charge in [-0.15, -0.1) is 0 Å². The minimum absolute atomic E-state index is 0. The van der Waals surface area contributed by atoms with Gasteiger partial charge in [-0.2, -0.15) is 4.40 Å². The van der Waals surface area contributed by atoms with Crippen molar-refractivity contribution in [2.75, 3.05) is 0 Å². The fourth-order valence-electron chi connectivity index (χ4n) is 4.43. The minimum atomic E-state index is -3.89. The third-order valence-electron chi connectivity index (χ3n) is 6.16. The minimum Gasteiger partial charge on any atom is -0.861 e. The Balaban J connectivity index is 0.00000320. The number of fused-ring (bicyclic) bond motifs is 1. The number of aromatic nitrogens is 2. The average Bonchev–Trinajstić information content (AvgIpc) is 3.38. The number of hydrogen-bond acceptors (Lipinski definition) is 6. The molecule has 0 bridgehead atoms. The second-order valence-electron chi connectivity index (χ2n) is 8.71. The molecule has 0 unspecified atom stereocenters. The summed E-state index contributed by atoms with van der Waals surface area (Å²) >= 11 is 0. The summed E-state index contributed by atoms with van der Waals surface area (Å²) in [6, 6.07) is 20.0. The van der Waals surface area contributed by atoms with E-state index in [1.807, 2.05) is 24.3 Å². The largest absolute Gasteiger partial charge is 1.00 e. The first-order valence-electron chi connectivity index (χ1n) is 11.2. The average molecular weight is 547 g/mol. The van der Waals surface area contributed by atoms with Gasteiger partial charge in [0.25, 0.3) is 10.0 Å². The van der Waals surface area contributed by atoms with Gasteiger partial charge in [-0.3, -0.25) is 0 Å². The predicted molar refractivity (Wildman–Crippen MR) is 134 cm³/mol. The van der Waals surface area contributed by atoms with E-state index in [-0.39, 0.29) is 47.3 Å². The molecule has 0 amide bonds. The Hall–Kier alpha value is -2.54. The van der Waals surface area contributed by atoms with Crippen molar-refractivity contribution in [3.05, 3.63) is 95.3 Å². The molecule has 12 heteroatoms. The van der Waals surface area contributed by atoms with Crippen molar-refractivity contribution in [3.8, 4) is 0 Å². The van der Waals surface area contributed by atoms with E-state index >= 15 is 0 Å². The zero-order valence-corrected chi connectivity index (χ0v) is 23.9. The maximum absolute atomic E-state index is 13.2. The molecule has 1 aliphatic rings. The van der Waals surface area contributed by atoms with Gasteiger partial charge in [-0.25, -0.2) is 26.5 Å². The Morgan fingerprint density at radius 3 is 2.43 bits per heavy atom. The number of nitrogens with zero attached hydrogens (tertiary/aromatic N) is 2. The summed E-state index contributed by atoms with van der Waals surface area (Å²) < 4.78 is 56.9. The third-order valence-corrected chi connectivity index (χ3v) is 9.24. The Morgan fingerprint density at radius 1 is 1.08 bits per heavy atom. The first-order chi connectivity index (χ1) is 17.1. The molecule has 5 rings (SSSR count). The number of para-hydroxylation sites is 2. The van der Waals surface area contributed by atoms with Crippen LogP contribution in [0.5, 0.6) is 0 Å². The number of nitrogens with one attached hydrogen (secondary N) is 2. The van der Waals surface area contributed by atoms with Gasteiger partial charge in [0.05, 0.1) is 22.0 Å². The molecule has 2 heterocycles. The molecule has 0 saturated heterocycles. The summed E-state index contributed by atoms with van der Waals surface area (Å²) in [5.41, 5.74) is 3.46. The number of aromatic amines is 1. The van der Waals surface area contributed by atoms with Gasteiger partial charge in [-0.05, 0) is 66.6 Å². The molecule has 0 spiro atoms. The zero-order valence-electron chi connectivity index (χ0n) is 20.2. The number of H-pyrrole nitrogens is 1. The zero-order chi connectivity index (χ0) is 25.5. The van der Waals surface area contributed by atoms with E-state index in [1.54, 1.807) is 43.3 Å². The summed E-state index contributed by atoms with van der Waals surface area (Å²) in [5.74, 6) is -0.191. The smallest absolute Gasteiger partial charge is 0.861 e. The van der Waals surface area contributed by atoms with Gasteiger partial charge in [0.15, 0.2) is 0 Å². The number of hydrogen-bond donors (Lipinski definition) is 2. The Kier molecular flexibility index (Phi) is 7.93. The Labute approximate surface area is 237 Å². The van der Waals surface area contributed by atoms with Crippen molar-refractivity contribution in [1.29, 1.82) is 0 Å². The van der Waals surface area contributed by atoms with Crippen LogP contribution < -0.4 is 39.4 Å².